The third kappa shape index (κ3) is 3.17. The molecule has 19 heavy (non-hydrogen) atoms. The van der Waals surface area contributed by atoms with Crippen molar-refractivity contribution in [2.75, 3.05) is 0 Å². The van der Waals surface area contributed by atoms with Crippen LogP contribution in [0.5, 0.6) is 0 Å². The highest BCUT2D eigenvalue weighted by Gasteiger charge is 2.50. The van der Waals surface area contributed by atoms with Gasteiger partial charge in [-0.25, -0.2) is 0 Å². The zero-order valence-electron chi connectivity index (χ0n) is 11.0. The van der Waals surface area contributed by atoms with Gasteiger partial charge in [-0.15, -0.1) is 12.4 Å². The van der Waals surface area contributed by atoms with Crippen LogP contribution >= 0.6 is 12.4 Å². The first-order chi connectivity index (χ1) is 8.78. The molecule has 0 heterocycles. The molecule has 0 saturated heterocycles. The summed E-state index contributed by atoms with van der Waals surface area (Å²) in [5.74, 6) is 0.558. The maximum absolute atomic E-state index is 6.47. The SMILES string of the molecule is Cl.N[C@]1(CCc2ccccc2)C[C@@H]1c1ccccc1. The number of benzene rings is 2. The van der Waals surface area contributed by atoms with Crippen LogP contribution in [0.3, 0.4) is 0 Å². The number of hydrogen-bond donors (Lipinski definition) is 1. The smallest absolute Gasteiger partial charge is 0.0234 e. The summed E-state index contributed by atoms with van der Waals surface area (Å²) in [6.07, 6.45) is 3.29. The Morgan fingerprint density at radius 3 is 2.16 bits per heavy atom. The lowest BCUT2D eigenvalue weighted by Crippen LogP contribution is -2.25. The van der Waals surface area contributed by atoms with Crippen molar-refractivity contribution >= 4 is 12.4 Å². The van der Waals surface area contributed by atoms with Crippen molar-refractivity contribution in [3.63, 3.8) is 0 Å². The van der Waals surface area contributed by atoms with E-state index in [1.54, 1.807) is 0 Å². The van der Waals surface area contributed by atoms with Crippen molar-refractivity contribution in [3.05, 3.63) is 71.8 Å². The van der Waals surface area contributed by atoms with Gasteiger partial charge in [0, 0.05) is 11.5 Å². The minimum Gasteiger partial charge on any atom is -0.325 e. The van der Waals surface area contributed by atoms with E-state index in [0.717, 1.165) is 19.3 Å². The Balaban J connectivity index is 0.00000133. The van der Waals surface area contributed by atoms with Gasteiger partial charge in [0.25, 0.3) is 0 Å². The van der Waals surface area contributed by atoms with Crippen molar-refractivity contribution in [2.24, 2.45) is 5.73 Å². The lowest BCUT2D eigenvalue weighted by molar-refractivity contribution is 0.589. The topological polar surface area (TPSA) is 26.0 Å². The second-order valence-corrected chi connectivity index (χ2v) is 5.39. The molecule has 0 radical (unpaired) electrons. The van der Waals surface area contributed by atoms with Crippen LogP contribution in [-0.2, 0) is 6.42 Å². The molecule has 2 aromatic carbocycles. The zero-order valence-corrected chi connectivity index (χ0v) is 11.8. The summed E-state index contributed by atoms with van der Waals surface area (Å²) >= 11 is 0. The molecule has 1 nitrogen and oxygen atoms in total. The molecule has 0 spiro atoms. The van der Waals surface area contributed by atoms with Crippen LogP contribution in [0.2, 0.25) is 0 Å². The summed E-state index contributed by atoms with van der Waals surface area (Å²) in [7, 11) is 0. The molecule has 2 aromatic rings. The van der Waals surface area contributed by atoms with E-state index in [1.165, 1.54) is 11.1 Å². The van der Waals surface area contributed by atoms with Crippen LogP contribution in [0.1, 0.15) is 29.9 Å². The van der Waals surface area contributed by atoms with E-state index < -0.39 is 0 Å². The molecule has 0 unspecified atom stereocenters. The first kappa shape index (κ1) is 14.1. The second-order valence-electron chi connectivity index (χ2n) is 5.39. The summed E-state index contributed by atoms with van der Waals surface area (Å²) < 4.78 is 0. The Bertz CT molecular complexity index is 511. The van der Waals surface area contributed by atoms with Crippen molar-refractivity contribution in [1.82, 2.24) is 0 Å². The van der Waals surface area contributed by atoms with Crippen LogP contribution in [-0.4, -0.2) is 5.54 Å². The van der Waals surface area contributed by atoms with Crippen molar-refractivity contribution in [3.8, 4) is 0 Å². The highest BCUT2D eigenvalue weighted by molar-refractivity contribution is 5.85. The fraction of sp³-hybridized carbons (Fsp3) is 0.294. The average Bonchev–Trinajstić information content (AvgIpc) is 3.12. The van der Waals surface area contributed by atoms with Gasteiger partial charge in [-0.05, 0) is 30.4 Å². The number of halogens is 1. The van der Waals surface area contributed by atoms with Crippen molar-refractivity contribution in [2.45, 2.75) is 30.7 Å². The molecule has 2 N–H and O–H groups in total. The lowest BCUT2D eigenvalue weighted by Gasteiger charge is -2.11. The molecule has 1 fully saturated rings. The molecule has 0 bridgehead atoms. The Labute approximate surface area is 121 Å². The molecular formula is C17H20ClN. The van der Waals surface area contributed by atoms with E-state index in [2.05, 4.69) is 60.7 Å². The number of rotatable bonds is 4. The molecule has 1 aliphatic carbocycles. The largest absolute Gasteiger partial charge is 0.325 e. The molecule has 2 heteroatoms. The molecule has 0 aliphatic heterocycles. The minimum absolute atomic E-state index is 0. The maximum atomic E-state index is 6.47. The van der Waals surface area contributed by atoms with Gasteiger partial charge in [0.1, 0.15) is 0 Å². The van der Waals surface area contributed by atoms with Crippen LogP contribution in [0.15, 0.2) is 60.7 Å². The molecular weight excluding hydrogens is 254 g/mol. The Morgan fingerprint density at radius 2 is 1.53 bits per heavy atom. The molecule has 3 rings (SSSR count). The summed E-state index contributed by atoms with van der Waals surface area (Å²) in [5.41, 5.74) is 9.28. The predicted octanol–water partition coefficient (Wildman–Crippen LogP) is 3.93. The molecule has 0 aromatic heterocycles. The van der Waals surface area contributed by atoms with Gasteiger partial charge in [-0.3, -0.25) is 0 Å². The lowest BCUT2D eigenvalue weighted by atomic mass is 10.00. The maximum Gasteiger partial charge on any atom is 0.0234 e. The highest BCUT2D eigenvalue weighted by atomic mass is 35.5. The third-order valence-electron chi connectivity index (χ3n) is 4.04. The monoisotopic (exact) mass is 273 g/mol. The first-order valence-corrected chi connectivity index (χ1v) is 6.66. The summed E-state index contributed by atoms with van der Waals surface area (Å²) in [4.78, 5) is 0. The molecule has 2 atom stereocenters. The molecule has 100 valence electrons. The Morgan fingerprint density at radius 1 is 0.947 bits per heavy atom. The normalized spacial score (nSPS) is 24.6. The summed E-state index contributed by atoms with van der Waals surface area (Å²) in [6, 6.07) is 21.3. The fourth-order valence-corrected chi connectivity index (χ4v) is 2.75. The Kier molecular flexibility index (Phi) is 4.28. The van der Waals surface area contributed by atoms with Gasteiger partial charge >= 0.3 is 0 Å². The van der Waals surface area contributed by atoms with Gasteiger partial charge in [0.15, 0.2) is 0 Å². The van der Waals surface area contributed by atoms with Crippen LogP contribution < -0.4 is 5.73 Å². The fourth-order valence-electron chi connectivity index (χ4n) is 2.75. The van der Waals surface area contributed by atoms with Gasteiger partial charge in [-0.2, -0.15) is 0 Å². The van der Waals surface area contributed by atoms with E-state index in [-0.39, 0.29) is 17.9 Å². The van der Waals surface area contributed by atoms with E-state index in [1.807, 2.05) is 0 Å². The van der Waals surface area contributed by atoms with Gasteiger partial charge in [0.05, 0.1) is 0 Å². The average molecular weight is 274 g/mol. The van der Waals surface area contributed by atoms with Crippen LogP contribution in [0, 0.1) is 0 Å². The van der Waals surface area contributed by atoms with Crippen molar-refractivity contribution < 1.29 is 0 Å². The zero-order chi connectivity index (χ0) is 12.4. The van der Waals surface area contributed by atoms with E-state index in [0.29, 0.717) is 5.92 Å². The number of nitrogens with two attached hydrogens (primary N) is 1. The molecule has 0 amide bonds. The van der Waals surface area contributed by atoms with E-state index in [9.17, 15) is 0 Å². The summed E-state index contributed by atoms with van der Waals surface area (Å²) in [5, 5.41) is 0. The standard InChI is InChI=1S/C17H19N.ClH/c18-17(12-11-14-7-3-1-4-8-14)13-16(17)15-9-5-2-6-10-15;/h1-10,16H,11-13,18H2;1H/t16-,17-;/m1./s1. The first-order valence-electron chi connectivity index (χ1n) is 6.66. The quantitative estimate of drug-likeness (QED) is 0.898. The summed E-state index contributed by atoms with van der Waals surface area (Å²) in [6.45, 7) is 0. The number of hydrogen-bond acceptors (Lipinski definition) is 1. The van der Waals surface area contributed by atoms with Gasteiger partial charge in [-0.1, -0.05) is 60.7 Å². The third-order valence-corrected chi connectivity index (χ3v) is 4.04. The highest BCUT2D eigenvalue weighted by Crippen LogP contribution is 2.51. The van der Waals surface area contributed by atoms with Gasteiger partial charge in [0.2, 0.25) is 0 Å². The second kappa shape index (κ2) is 5.77. The van der Waals surface area contributed by atoms with E-state index in [4.69, 9.17) is 5.73 Å². The van der Waals surface area contributed by atoms with Crippen LogP contribution in [0.25, 0.3) is 0 Å². The number of aryl methyl sites for hydroxylation is 1. The minimum atomic E-state index is 0. The van der Waals surface area contributed by atoms with Crippen LogP contribution in [0.4, 0.5) is 0 Å². The van der Waals surface area contributed by atoms with E-state index >= 15 is 0 Å². The predicted molar refractivity (Wildman–Crippen MR) is 82.7 cm³/mol. The van der Waals surface area contributed by atoms with Crippen molar-refractivity contribution in [1.29, 1.82) is 0 Å². The molecule has 1 saturated carbocycles. The van der Waals surface area contributed by atoms with Gasteiger partial charge < -0.3 is 5.73 Å². The molecule has 1 aliphatic rings. The Hall–Kier alpha value is -1.31.